The van der Waals surface area contributed by atoms with Crippen LogP contribution >= 0.6 is 0 Å². The van der Waals surface area contributed by atoms with Crippen LogP contribution in [-0.2, 0) is 71.6 Å². The summed E-state index contributed by atoms with van der Waals surface area (Å²) in [6.45, 7) is 5.27. The molecule has 29 nitrogen and oxygen atoms in total. The van der Waals surface area contributed by atoms with Crippen molar-refractivity contribution in [1.29, 1.82) is 0 Å². The fraction of sp³-hybridized carbons (Fsp3) is 0.744. The van der Waals surface area contributed by atoms with Gasteiger partial charge in [0.2, 0.25) is 41.4 Å². The van der Waals surface area contributed by atoms with Gasteiger partial charge in [0, 0.05) is 27.2 Å². The van der Waals surface area contributed by atoms with Crippen LogP contribution in [0, 0.1) is 0 Å². The number of carboxylic acid groups (broad SMARTS) is 2. The standard InChI is InChI=1S/C39H64N8O21/c1-14(33(56)47-21(32(41)55)10-11-25(52)46-22(9-7-8-20(40)37(61)62)35(58)43-15(2)36(59)60)42-34(57)16(3)65-31-27(45-18(5)50)38(63)66-23(12-48)30(31)68-39-26(44-17(4)49)29(54)28(53)24(67-39)13-64-19(6)51/h14-16,20-24,26-31,38-39,48,53-54,63H,7-13,40H2,1-6H3,(H2,41,55)(H,42,57)(H,43,58)(H,44,49)(H,45,50)(H,46,52)(H,47,56)(H,59,60)(H,61,62). The van der Waals surface area contributed by atoms with Gasteiger partial charge in [-0.3, -0.25) is 47.9 Å². The van der Waals surface area contributed by atoms with E-state index >= 15 is 0 Å². The summed E-state index contributed by atoms with van der Waals surface area (Å²) in [7, 11) is 0. The van der Waals surface area contributed by atoms with Crippen LogP contribution < -0.4 is 43.4 Å². The SMILES string of the molecule is CC(=O)NC1C(OC2C(CO)OC(O)C(NC(C)=O)C2OC(C)C(=O)NC(C)C(=O)NC(CCC(=O)NC(CCCC(N)C(=O)O)C(=O)NC(C)C(=O)O)C(N)=O)OC(COC(C)=O)C(O)C1O. The summed E-state index contributed by atoms with van der Waals surface area (Å²) in [6.07, 6.45) is -16.3. The van der Waals surface area contributed by atoms with E-state index in [1.54, 1.807) is 0 Å². The molecule has 0 bridgehead atoms. The molecule has 29 heteroatoms. The molecule has 16 atom stereocenters. The Hall–Kier alpha value is -5.66. The van der Waals surface area contributed by atoms with Crippen LogP contribution in [0.25, 0.3) is 0 Å². The Morgan fingerprint density at radius 1 is 0.676 bits per heavy atom. The molecule has 0 saturated carbocycles. The minimum Gasteiger partial charge on any atom is -0.480 e. The lowest BCUT2D eigenvalue weighted by molar-refractivity contribution is -0.333. The van der Waals surface area contributed by atoms with E-state index in [2.05, 4.69) is 31.9 Å². The molecule has 0 aliphatic carbocycles. The maximum absolute atomic E-state index is 13.5. The molecule has 0 radical (unpaired) electrons. The second-order valence-corrected chi connectivity index (χ2v) is 16.2. The number of nitrogens with one attached hydrogen (secondary N) is 6. The molecule has 0 aromatic rings. The van der Waals surface area contributed by atoms with Crippen molar-refractivity contribution in [3.8, 4) is 0 Å². The Morgan fingerprint density at radius 2 is 1.28 bits per heavy atom. The van der Waals surface area contributed by atoms with Crippen LogP contribution in [0.1, 0.15) is 73.6 Å². The number of rotatable bonds is 26. The zero-order valence-electron chi connectivity index (χ0n) is 38.1. The Balaban J connectivity index is 2.25. The molecule has 2 aliphatic heterocycles. The Bertz CT molecular complexity index is 1810. The number of amides is 7. The molecule has 7 amide bonds. The Kier molecular flexibility index (Phi) is 23.5. The number of aliphatic hydroxyl groups is 4. The molecule has 2 aliphatic rings. The van der Waals surface area contributed by atoms with E-state index in [1.165, 1.54) is 20.8 Å². The molecule has 0 aromatic carbocycles. The van der Waals surface area contributed by atoms with Gasteiger partial charge in [0.15, 0.2) is 12.6 Å². The van der Waals surface area contributed by atoms with Crippen molar-refractivity contribution in [3.05, 3.63) is 0 Å². The van der Waals surface area contributed by atoms with Crippen LogP contribution in [0.15, 0.2) is 0 Å². The molecule has 2 rings (SSSR count). The Labute approximate surface area is 389 Å². The summed E-state index contributed by atoms with van der Waals surface area (Å²) in [5, 5.41) is 75.2. The highest BCUT2D eigenvalue weighted by molar-refractivity contribution is 5.93. The largest absolute Gasteiger partial charge is 0.480 e. The predicted octanol–water partition coefficient (Wildman–Crippen LogP) is -7.21. The number of hydrogen-bond donors (Lipinski definition) is 14. The fourth-order valence-corrected chi connectivity index (χ4v) is 6.84. The average molecular weight is 981 g/mol. The number of nitrogens with two attached hydrogens (primary N) is 2. The van der Waals surface area contributed by atoms with Crippen LogP contribution in [-0.4, -0.2) is 201 Å². The number of aliphatic hydroxyl groups excluding tert-OH is 4. The van der Waals surface area contributed by atoms with Crippen molar-refractivity contribution in [1.82, 2.24) is 31.9 Å². The van der Waals surface area contributed by atoms with E-state index in [0.717, 1.165) is 20.8 Å². The third-order valence-corrected chi connectivity index (χ3v) is 10.5. The van der Waals surface area contributed by atoms with Gasteiger partial charge in [-0.05, 0) is 46.5 Å². The van der Waals surface area contributed by atoms with Crippen molar-refractivity contribution in [3.63, 3.8) is 0 Å². The molecule has 2 heterocycles. The van der Waals surface area contributed by atoms with E-state index in [4.69, 9.17) is 40.3 Å². The van der Waals surface area contributed by atoms with E-state index in [-0.39, 0.29) is 19.3 Å². The first-order valence-corrected chi connectivity index (χ1v) is 21.3. The van der Waals surface area contributed by atoms with Crippen molar-refractivity contribution in [2.24, 2.45) is 11.5 Å². The second kappa shape index (κ2) is 27.4. The number of carbonyl (C=O) groups is 10. The van der Waals surface area contributed by atoms with Gasteiger partial charge in [-0.25, -0.2) is 0 Å². The van der Waals surface area contributed by atoms with Gasteiger partial charge < -0.3 is 97.7 Å². The van der Waals surface area contributed by atoms with Crippen LogP contribution in [0.4, 0.5) is 0 Å². The van der Waals surface area contributed by atoms with Crippen molar-refractivity contribution in [2.45, 2.75) is 171 Å². The van der Waals surface area contributed by atoms with Crippen molar-refractivity contribution >= 4 is 59.3 Å². The zero-order chi connectivity index (χ0) is 51.7. The summed E-state index contributed by atoms with van der Waals surface area (Å²) < 4.78 is 28.4. The summed E-state index contributed by atoms with van der Waals surface area (Å²) in [5.74, 6) is -9.79. The summed E-state index contributed by atoms with van der Waals surface area (Å²) in [5.41, 5.74) is 11.0. The molecule has 2 saturated heterocycles. The van der Waals surface area contributed by atoms with E-state index in [1.807, 2.05) is 0 Å². The van der Waals surface area contributed by atoms with Crippen molar-refractivity contribution in [2.75, 3.05) is 13.2 Å². The molecule has 386 valence electrons. The van der Waals surface area contributed by atoms with Crippen molar-refractivity contribution < 1.29 is 102 Å². The Morgan fingerprint density at radius 3 is 1.82 bits per heavy atom. The highest BCUT2D eigenvalue weighted by atomic mass is 16.7. The van der Waals surface area contributed by atoms with Crippen LogP contribution in [0.5, 0.6) is 0 Å². The van der Waals surface area contributed by atoms with Gasteiger partial charge in [-0.2, -0.15) is 0 Å². The topological polar surface area (TPSA) is 462 Å². The van der Waals surface area contributed by atoms with E-state index in [9.17, 15) is 73.5 Å². The quantitative estimate of drug-likeness (QED) is 0.0358. The molecule has 16 N–H and O–H groups in total. The number of primary amides is 1. The van der Waals surface area contributed by atoms with Crippen LogP contribution in [0.2, 0.25) is 0 Å². The number of carbonyl (C=O) groups excluding carboxylic acids is 8. The fourth-order valence-electron chi connectivity index (χ4n) is 6.84. The smallest absolute Gasteiger partial charge is 0.325 e. The van der Waals surface area contributed by atoms with Gasteiger partial charge >= 0.3 is 17.9 Å². The number of hydrogen-bond acceptors (Lipinski definition) is 20. The number of ether oxygens (including phenoxy) is 5. The monoisotopic (exact) mass is 980 g/mol. The first kappa shape index (κ1) is 58.5. The second-order valence-electron chi connectivity index (χ2n) is 16.2. The number of carboxylic acids is 2. The zero-order valence-corrected chi connectivity index (χ0v) is 38.1. The first-order chi connectivity index (χ1) is 31.7. The number of esters is 1. The predicted molar refractivity (Wildman–Crippen MR) is 224 cm³/mol. The molecule has 16 unspecified atom stereocenters. The van der Waals surface area contributed by atoms with Gasteiger partial charge in [0.25, 0.3) is 0 Å². The van der Waals surface area contributed by atoms with Gasteiger partial charge in [0.1, 0.15) is 91.6 Å². The summed E-state index contributed by atoms with van der Waals surface area (Å²) >= 11 is 0. The number of aliphatic carboxylic acids is 2. The maximum Gasteiger partial charge on any atom is 0.325 e. The lowest BCUT2D eigenvalue weighted by atomic mass is 9.94. The lowest BCUT2D eigenvalue weighted by Gasteiger charge is -2.48. The van der Waals surface area contributed by atoms with Crippen LogP contribution in [0.3, 0.4) is 0 Å². The van der Waals surface area contributed by atoms with E-state index < -0.39 is 183 Å². The third kappa shape index (κ3) is 18.1. The minimum absolute atomic E-state index is 0.0259. The molecular formula is C39H64N8O21. The van der Waals surface area contributed by atoms with E-state index in [0.29, 0.717) is 0 Å². The van der Waals surface area contributed by atoms with Gasteiger partial charge in [-0.1, -0.05) is 0 Å². The van der Waals surface area contributed by atoms with Gasteiger partial charge in [-0.15, -0.1) is 0 Å². The highest BCUT2D eigenvalue weighted by Crippen LogP contribution is 2.31. The first-order valence-electron chi connectivity index (χ1n) is 21.3. The van der Waals surface area contributed by atoms with Gasteiger partial charge in [0.05, 0.1) is 6.61 Å². The average Bonchev–Trinajstić information content (AvgIpc) is 3.24. The third-order valence-electron chi connectivity index (χ3n) is 10.5. The molecule has 2 fully saturated rings. The summed E-state index contributed by atoms with van der Waals surface area (Å²) in [6, 6.07) is -10.1. The maximum atomic E-state index is 13.5. The summed E-state index contributed by atoms with van der Waals surface area (Å²) in [4.78, 5) is 123. The molecular weight excluding hydrogens is 916 g/mol. The molecule has 0 spiro atoms. The normalized spacial score (nSPS) is 27.3. The highest BCUT2D eigenvalue weighted by Gasteiger charge is 2.53. The lowest BCUT2D eigenvalue weighted by Crippen LogP contribution is -2.70. The molecule has 68 heavy (non-hydrogen) atoms. The molecule has 0 aromatic heterocycles. The minimum atomic E-state index is -1.91.